The molecule has 1 aromatic carbocycles. The summed E-state index contributed by atoms with van der Waals surface area (Å²) in [5.74, 6) is 0.512. The lowest BCUT2D eigenvalue weighted by atomic mass is 10.1. The van der Waals surface area contributed by atoms with E-state index in [1.54, 1.807) is 22.8 Å². The van der Waals surface area contributed by atoms with Crippen molar-refractivity contribution < 1.29 is 13.9 Å². The van der Waals surface area contributed by atoms with E-state index in [4.69, 9.17) is 4.74 Å². The summed E-state index contributed by atoms with van der Waals surface area (Å²) in [6.07, 6.45) is 3.21. The van der Waals surface area contributed by atoms with Gasteiger partial charge in [0.1, 0.15) is 29.6 Å². The molecule has 1 aliphatic rings. The van der Waals surface area contributed by atoms with E-state index in [-0.39, 0.29) is 30.4 Å². The molecule has 0 saturated carbocycles. The van der Waals surface area contributed by atoms with E-state index >= 15 is 0 Å². The van der Waals surface area contributed by atoms with Crippen LogP contribution >= 0.6 is 0 Å². The Kier molecular flexibility index (Phi) is 3.95. The number of benzene rings is 1. The van der Waals surface area contributed by atoms with Crippen molar-refractivity contribution in [3.8, 4) is 5.75 Å². The number of rotatable bonds is 0. The number of carbonyl (C=O) groups excluding carboxylic acids is 1. The lowest BCUT2D eigenvalue weighted by molar-refractivity contribution is 0.0928. The fraction of sp³-hybridized carbons (Fsp3) is 0.278. The zero-order chi connectivity index (χ0) is 18.3. The van der Waals surface area contributed by atoms with E-state index in [0.717, 1.165) is 0 Å². The third kappa shape index (κ3) is 2.94. The molecule has 0 aliphatic carbocycles. The zero-order valence-corrected chi connectivity index (χ0v) is 14.4. The van der Waals surface area contributed by atoms with Crippen LogP contribution in [0.15, 0.2) is 36.7 Å². The highest BCUT2D eigenvalue weighted by molar-refractivity contribution is 5.99. The minimum Gasteiger partial charge on any atom is -0.491 e. The molecule has 2 aromatic heterocycles. The molecule has 4 rings (SSSR count). The molecule has 0 fully saturated rings. The number of aromatic nitrogens is 3. The van der Waals surface area contributed by atoms with E-state index in [0.29, 0.717) is 28.3 Å². The molecule has 26 heavy (non-hydrogen) atoms. The summed E-state index contributed by atoms with van der Waals surface area (Å²) in [5.41, 5.74) is 1.51. The number of halogens is 1. The second kappa shape index (κ2) is 6.29. The number of ether oxygens (including phenoxy) is 1. The van der Waals surface area contributed by atoms with Crippen LogP contribution in [0.5, 0.6) is 5.75 Å². The van der Waals surface area contributed by atoms with E-state index in [1.807, 2.05) is 13.8 Å². The molecule has 0 saturated heterocycles. The highest BCUT2D eigenvalue weighted by Gasteiger charge is 2.20. The van der Waals surface area contributed by atoms with Crippen molar-refractivity contribution in [2.24, 2.45) is 0 Å². The van der Waals surface area contributed by atoms with Crippen molar-refractivity contribution >= 4 is 17.4 Å². The number of hydrogen-bond donors (Lipinski definition) is 2. The molecule has 1 aliphatic heterocycles. The number of hydrogen-bond acceptors (Lipinski definition) is 5. The third-order valence-corrected chi connectivity index (χ3v) is 4.28. The minimum absolute atomic E-state index is 0.248. The second-order valence-electron chi connectivity index (χ2n) is 6.37. The van der Waals surface area contributed by atoms with Gasteiger partial charge in [-0.1, -0.05) is 0 Å². The van der Waals surface area contributed by atoms with Gasteiger partial charge in [-0.15, -0.1) is 0 Å². The van der Waals surface area contributed by atoms with Gasteiger partial charge in [0.05, 0.1) is 18.3 Å². The number of amides is 1. The van der Waals surface area contributed by atoms with Gasteiger partial charge in [-0.2, -0.15) is 5.10 Å². The summed E-state index contributed by atoms with van der Waals surface area (Å²) in [7, 11) is 0. The van der Waals surface area contributed by atoms with Crippen molar-refractivity contribution in [3.63, 3.8) is 0 Å². The van der Waals surface area contributed by atoms with E-state index in [9.17, 15) is 9.18 Å². The van der Waals surface area contributed by atoms with Crippen LogP contribution in [-0.4, -0.2) is 33.2 Å². The Morgan fingerprint density at radius 3 is 2.96 bits per heavy atom. The Morgan fingerprint density at radius 1 is 1.27 bits per heavy atom. The van der Waals surface area contributed by atoms with Crippen LogP contribution in [0.25, 0.3) is 5.65 Å². The average Bonchev–Trinajstić information content (AvgIpc) is 3.03. The molecule has 0 unspecified atom stereocenters. The molecule has 8 heteroatoms. The van der Waals surface area contributed by atoms with E-state index in [1.165, 1.54) is 18.3 Å². The van der Waals surface area contributed by atoms with Crippen molar-refractivity contribution in [2.45, 2.75) is 25.9 Å². The highest BCUT2D eigenvalue weighted by atomic mass is 19.1. The van der Waals surface area contributed by atoms with Gasteiger partial charge < -0.3 is 15.4 Å². The summed E-state index contributed by atoms with van der Waals surface area (Å²) in [5, 5.41) is 10.3. The Bertz CT molecular complexity index is 987. The summed E-state index contributed by atoms with van der Waals surface area (Å²) < 4.78 is 21.1. The lowest BCUT2D eigenvalue weighted by Crippen LogP contribution is -2.36. The Balaban J connectivity index is 1.82. The molecule has 7 nitrogen and oxygen atoms in total. The summed E-state index contributed by atoms with van der Waals surface area (Å²) >= 11 is 0. The van der Waals surface area contributed by atoms with Crippen molar-refractivity contribution in [1.82, 2.24) is 19.9 Å². The van der Waals surface area contributed by atoms with Crippen molar-refractivity contribution in [2.75, 3.05) is 11.9 Å². The number of nitrogens with one attached hydrogen (secondary N) is 2. The van der Waals surface area contributed by atoms with Gasteiger partial charge in [0, 0.05) is 11.8 Å². The van der Waals surface area contributed by atoms with Crippen LogP contribution in [-0.2, 0) is 0 Å². The molecule has 0 radical (unpaired) electrons. The molecule has 2 bridgehead atoms. The maximum absolute atomic E-state index is 13.8. The van der Waals surface area contributed by atoms with Gasteiger partial charge >= 0.3 is 0 Å². The standard InChI is InChI=1S/C18H18FN5O2/c1-10-9-26-15-4-3-12(19)7-13(15)11(2)22-16-5-6-24-17(23-16)14(8-20-24)18(25)21-10/h3-8,10-11H,9H2,1-2H3,(H,21,25)(H,22,23)/t10-,11+/m0/s1. The summed E-state index contributed by atoms with van der Waals surface area (Å²) in [6, 6.07) is 5.65. The van der Waals surface area contributed by atoms with Crippen molar-refractivity contribution in [3.05, 3.63) is 53.6 Å². The van der Waals surface area contributed by atoms with Gasteiger partial charge in [0.2, 0.25) is 0 Å². The maximum Gasteiger partial charge on any atom is 0.257 e. The van der Waals surface area contributed by atoms with Crippen LogP contribution in [0.4, 0.5) is 10.2 Å². The Morgan fingerprint density at radius 2 is 2.12 bits per heavy atom. The van der Waals surface area contributed by atoms with E-state index in [2.05, 4.69) is 20.7 Å². The fourth-order valence-electron chi connectivity index (χ4n) is 2.96. The molecular weight excluding hydrogens is 337 g/mol. The molecule has 2 N–H and O–H groups in total. The Hall–Kier alpha value is -3.16. The summed E-state index contributed by atoms with van der Waals surface area (Å²) in [6.45, 7) is 4.00. The van der Waals surface area contributed by atoms with E-state index < -0.39 is 0 Å². The van der Waals surface area contributed by atoms with Crippen LogP contribution in [0, 0.1) is 5.82 Å². The fourth-order valence-corrected chi connectivity index (χ4v) is 2.96. The normalized spacial score (nSPS) is 20.2. The predicted molar refractivity (Wildman–Crippen MR) is 93.8 cm³/mol. The van der Waals surface area contributed by atoms with Crippen molar-refractivity contribution in [1.29, 1.82) is 0 Å². The number of nitrogens with zero attached hydrogens (tertiary/aromatic N) is 3. The number of fused-ring (bicyclic) bond motifs is 2. The lowest BCUT2D eigenvalue weighted by Gasteiger charge is -2.20. The highest BCUT2D eigenvalue weighted by Crippen LogP contribution is 2.29. The van der Waals surface area contributed by atoms with Gasteiger partial charge in [-0.3, -0.25) is 4.79 Å². The second-order valence-corrected chi connectivity index (χ2v) is 6.37. The number of carbonyl (C=O) groups is 1. The van der Waals surface area contributed by atoms with Gasteiger partial charge in [0.15, 0.2) is 5.65 Å². The molecule has 3 aromatic rings. The largest absolute Gasteiger partial charge is 0.491 e. The van der Waals surface area contributed by atoms with Gasteiger partial charge in [0.25, 0.3) is 5.91 Å². The monoisotopic (exact) mass is 355 g/mol. The molecule has 2 atom stereocenters. The minimum atomic E-state index is -0.340. The average molecular weight is 355 g/mol. The van der Waals surface area contributed by atoms with Gasteiger partial charge in [-0.25, -0.2) is 13.9 Å². The third-order valence-electron chi connectivity index (χ3n) is 4.28. The predicted octanol–water partition coefficient (Wildman–Crippen LogP) is 2.55. The molecule has 0 spiro atoms. The van der Waals surface area contributed by atoms with Gasteiger partial charge in [-0.05, 0) is 38.1 Å². The van der Waals surface area contributed by atoms with Crippen LogP contribution in [0.2, 0.25) is 0 Å². The smallest absolute Gasteiger partial charge is 0.257 e. The summed E-state index contributed by atoms with van der Waals surface area (Å²) in [4.78, 5) is 17.0. The zero-order valence-electron chi connectivity index (χ0n) is 14.4. The molecule has 1 amide bonds. The SMILES string of the molecule is C[C@H]1COc2ccc(F)cc2[C@@H](C)Nc2ccn3ncc(c3n2)C(=O)N1. The number of anilines is 1. The first kappa shape index (κ1) is 16.3. The first-order chi connectivity index (χ1) is 12.5. The quantitative estimate of drug-likeness (QED) is 0.648. The van der Waals surface area contributed by atoms with Crippen LogP contribution < -0.4 is 15.4 Å². The first-order valence-corrected chi connectivity index (χ1v) is 8.35. The first-order valence-electron chi connectivity index (χ1n) is 8.35. The van der Waals surface area contributed by atoms with Crippen LogP contribution in [0.1, 0.15) is 35.8 Å². The van der Waals surface area contributed by atoms with Crippen LogP contribution in [0.3, 0.4) is 0 Å². The molecule has 134 valence electrons. The topological polar surface area (TPSA) is 80.6 Å². The Labute approximate surface area is 149 Å². The maximum atomic E-state index is 13.8. The molecule has 3 heterocycles. The molecular formula is C18H18FN5O2.